The highest BCUT2D eigenvalue weighted by Crippen LogP contribution is 2.25. The third-order valence-corrected chi connectivity index (χ3v) is 7.47. The van der Waals surface area contributed by atoms with Gasteiger partial charge in [0.05, 0.1) is 30.3 Å². The average Bonchev–Trinajstić information content (AvgIpc) is 2.77. The van der Waals surface area contributed by atoms with Crippen LogP contribution in [0.5, 0.6) is 5.75 Å². The van der Waals surface area contributed by atoms with E-state index in [-0.39, 0.29) is 29.1 Å². The van der Waals surface area contributed by atoms with Gasteiger partial charge in [0, 0.05) is 25.7 Å². The van der Waals surface area contributed by atoms with Gasteiger partial charge in [-0.05, 0) is 62.7 Å². The van der Waals surface area contributed by atoms with Crippen LogP contribution in [0.4, 0.5) is 0 Å². The summed E-state index contributed by atoms with van der Waals surface area (Å²) < 4.78 is 38.3. The number of carbonyl (C=O) groups is 1. The normalized spacial score (nSPS) is 20.8. The van der Waals surface area contributed by atoms with Crippen molar-refractivity contribution in [2.75, 3.05) is 27.2 Å². The van der Waals surface area contributed by atoms with Crippen LogP contribution >= 0.6 is 0 Å². The predicted molar refractivity (Wildman–Crippen MR) is 119 cm³/mol. The van der Waals surface area contributed by atoms with E-state index in [1.807, 2.05) is 45.0 Å². The number of sulfonamides is 1. The number of rotatable bonds is 6. The predicted octanol–water partition coefficient (Wildman–Crippen LogP) is 3.33. The van der Waals surface area contributed by atoms with Crippen molar-refractivity contribution in [1.29, 1.82) is 0 Å². The largest absolute Gasteiger partial charge is 0.497 e. The third kappa shape index (κ3) is 5.08. The molecule has 1 aliphatic rings. The van der Waals surface area contributed by atoms with Gasteiger partial charge in [0.25, 0.3) is 5.91 Å². The summed E-state index contributed by atoms with van der Waals surface area (Å²) >= 11 is 0. The molecule has 3 rings (SSSR count). The Bertz CT molecular complexity index is 995. The number of carbonyl (C=O) groups excluding carboxylic acids is 1. The van der Waals surface area contributed by atoms with Crippen LogP contribution in [-0.2, 0) is 14.8 Å². The van der Waals surface area contributed by atoms with Crippen molar-refractivity contribution >= 4 is 15.9 Å². The fourth-order valence-electron chi connectivity index (χ4n) is 3.73. The number of hydrogen-bond donors (Lipinski definition) is 0. The second-order valence-electron chi connectivity index (χ2n) is 7.97. The van der Waals surface area contributed by atoms with E-state index < -0.39 is 10.0 Å². The van der Waals surface area contributed by atoms with Crippen LogP contribution in [0.25, 0.3) is 0 Å². The van der Waals surface area contributed by atoms with Gasteiger partial charge in [-0.3, -0.25) is 4.79 Å². The minimum atomic E-state index is -3.64. The van der Waals surface area contributed by atoms with Crippen molar-refractivity contribution in [2.24, 2.45) is 0 Å². The highest BCUT2D eigenvalue weighted by molar-refractivity contribution is 7.89. The van der Waals surface area contributed by atoms with E-state index >= 15 is 0 Å². The lowest BCUT2D eigenvalue weighted by molar-refractivity contribution is -0.0440. The van der Waals surface area contributed by atoms with E-state index in [2.05, 4.69) is 0 Å². The second-order valence-corrected chi connectivity index (χ2v) is 9.91. The van der Waals surface area contributed by atoms with Crippen molar-refractivity contribution in [3.63, 3.8) is 0 Å². The number of ether oxygens (including phenoxy) is 2. The highest BCUT2D eigenvalue weighted by Gasteiger charge is 2.32. The van der Waals surface area contributed by atoms with Crippen LogP contribution in [0.15, 0.2) is 53.4 Å². The fraction of sp³-hybridized carbons (Fsp3) is 0.435. The summed E-state index contributed by atoms with van der Waals surface area (Å²) in [6.45, 7) is 6.30. The molecule has 1 aliphatic heterocycles. The van der Waals surface area contributed by atoms with Gasteiger partial charge >= 0.3 is 0 Å². The maximum absolute atomic E-state index is 13.0. The van der Waals surface area contributed by atoms with Crippen LogP contribution in [0.2, 0.25) is 0 Å². The molecular formula is C23H30N2O5S. The second kappa shape index (κ2) is 9.38. The summed E-state index contributed by atoms with van der Waals surface area (Å²) in [6, 6.07) is 13.5. The molecule has 1 amide bonds. The lowest BCUT2D eigenvalue weighted by atomic mass is 10.1. The topological polar surface area (TPSA) is 76.2 Å². The Morgan fingerprint density at radius 2 is 1.61 bits per heavy atom. The minimum absolute atomic E-state index is 0.154. The molecule has 0 aliphatic carbocycles. The molecule has 3 atom stereocenters. The molecule has 7 nitrogen and oxygen atoms in total. The third-order valence-electron chi connectivity index (χ3n) is 5.62. The fourth-order valence-corrected chi connectivity index (χ4v) is 5.32. The van der Waals surface area contributed by atoms with Gasteiger partial charge in [-0.15, -0.1) is 0 Å². The molecule has 1 fully saturated rings. The molecule has 2 aromatic rings. The zero-order valence-electron chi connectivity index (χ0n) is 18.6. The molecule has 0 saturated carbocycles. The molecule has 1 saturated heterocycles. The Hall–Kier alpha value is -2.42. The van der Waals surface area contributed by atoms with E-state index in [0.29, 0.717) is 18.7 Å². The standard InChI is InChI=1S/C23H30N2O5S/c1-16-14-25(15-17(2)30-16)31(27,28)22-12-8-20(9-13-22)23(26)24(4)18(3)19-6-10-21(29-5)11-7-19/h6-13,16-18H,14-15H2,1-5H3. The van der Waals surface area contributed by atoms with Crippen molar-refractivity contribution in [2.45, 2.75) is 43.9 Å². The van der Waals surface area contributed by atoms with Crippen molar-refractivity contribution in [3.05, 3.63) is 59.7 Å². The SMILES string of the molecule is COc1ccc(C(C)N(C)C(=O)c2ccc(S(=O)(=O)N3CC(C)OC(C)C3)cc2)cc1. The number of methoxy groups -OCH3 is 1. The van der Waals surface area contributed by atoms with Crippen molar-refractivity contribution in [1.82, 2.24) is 9.21 Å². The maximum atomic E-state index is 13.0. The zero-order valence-corrected chi connectivity index (χ0v) is 19.4. The summed E-state index contributed by atoms with van der Waals surface area (Å²) in [5.74, 6) is 0.576. The van der Waals surface area contributed by atoms with Gasteiger partial charge in [0.1, 0.15) is 5.75 Å². The van der Waals surface area contributed by atoms with Gasteiger partial charge in [0.2, 0.25) is 10.0 Å². The highest BCUT2D eigenvalue weighted by atomic mass is 32.2. The molecular weight excluding hydrogens is 416 g/mol. The minimum Gasteiger partial charge on any atom is -0.497 e. The zero-order chi connectivity index (χ0) is 22.8. The van der Waals surface area contributed by atoms with Crippen LogP contribution in [0.1, 0.15) is 42.7 Å². The summed E-state index contributed by atoms with van der Waals surface area (Å²) in [7, 11) is -0.296. The van der Waals surface area contributed by atoms with Gasteiger partial charge in [-0.1, -0.05) is 12.1 Å². The summed E-state index contributed by atoms with van der Waals surface area (Å²) in [5, 5.41) is 0. The molecule has 1 heterocycles. The average molecular weight is 447 g/mol. The lowest BCUT2D eigenvalue weighted by Gasteiger charge is -2.34. The Labute approximate surface area is 184 Å². The first-order valence-electron chi connectivity index (χ1n) is 10.3. The van der Waals surface area contributed by atoms with E-state index in [1.165, 1.54) is 16.4 Å². The lowest BCUT2D eigenvalue weighted by Crippen LogP contribution is -2.48. The first-order valence-corrected chi connectivity index (χ1v) is 11.7. The first-order chi connectivity index (χ1) is 14.6. The molecule has 0 bridgehead atoms. The van der Waals surface area contributed by atoms with E-state index in [4.69, 9.17) is 9.47 Å². The van der Waals surface area contributed by atoms with Crippen molar-refractivity contribution < 1.29 is 22.7 Å². The van der Waals surface area contributed by atoms with Gasteiger partial charge in [0.15, 0.2) is 0 Å². The molecule has 2 aromatic carbocycles. The Kier molecular flexibility index (Phi) is 7.03. The van der Waals surface area contributed by atoms with E-state index in [9.17, 15) is 13.2 Å². The van der Waals surface area contributed by atoms with Crippen LogP contribution in [0.3, 0.4) is 0 Å². The number of amides is 1. The quantitative estimate of drug-likeness (QED) is 0.680. The summed E-state index contributed by atoms with van der Waals surface area (Å²) in [5.41, 5.74) is 1.41. The molecule has 0 aromatic heterocycles. The molecule has 8 heteroatoms. The number of hydrogen-bond acceptors (Lipinski definition) is 5. The summed E-state index contributed by atoms with van der Waals surface area (Å²) in [4.78, 5) is 14.8. The van der Waals surface area contributed by atoms with Gasteiger partial charge < -0.3 is 14.4 Å². The van der Waals surface area contributed by atoms with Crippen LogP contribution < -0.4 is 4.74 Å². The molecule has 0 radical (unpaired) electrons. The number of benzene rings is 2. The maximum Gasteiger partial charge on any atom is 0.254 e. The molecule has 3 unspecified atom stereocenters. The summed E-state index contributed by atoms with van der Waals surface area (Å²) in [6.07, 6.45) is -0.320. The monoisotopic (exact) mass is 446 g/mol. The van der Waals surface area contributed by atoms with Gasteiger partial charge in [-0.25, -0.2) is 8.42 Å². The Balaban J connectivity index is 1.74. The number of morpholine rings is 1. The Morgan fingerprint density at radius 1 is 1.06 bits per heavy atom. The molecule has 0 N–H and O–H groups in total. The molecule has 31 heavy (non-hydrogen) atoms. The molecule has 0 spiro atoms. The van der Waals surface area contributed by atoms with E-state index in [1.54, 1.807) is 31.2 Å². The van der Waals surface area contributed by atoms with Crippen LogP contribution in [-0.4, -0.2) is 63.0 Å². The van der Waals surface area contributed by atoms with Gasteiger partial charge in [-0.2, -0.15) is 4.31 Å². The number of nitrogens with zero attached hydrogens (tertiary/aromatic N) is 2. The smallest absolute Gasteiger partial charge is 0.254 e. The van der Waals surface area contributed by atoms with Crippen LogP contribution in [0, 0.1) is 0 Å². The Morgan fingerprint density at radius 3 is 2.13 bits per heavy atom. The first kappa shape index (κ1) is 23.2. The molecule has 168 valence electrons. The van der Waals surface area contributed by atoms with Crippen molar-refractivity contribution in [3.8, 4) is 5.75 Å². The van der Waals surface area contributed by atoms with E-state index in [0.717, 1.165) is 11.3 Å².